The second-order valence-corrected chi connectivity index (χ2v) is 6.74. The average molecular weight is 408 g/mol. The Morgan fingerprint density at radius 2 is 2.00 bits per heavy atom. The molecule has 4 rings (SSSR count). The lowest BCUT2D eigenvalue weighted by Crippen LogP contribution is -2.50. The van der Waals surface area contributed by atoms with Crippen LogP contribution >= 0.6 is 0 Å². The molecule has 0 unspecified atom stereocenters. The van der Waals surface area contributed by atoms with Gasteiger partial charge in [0.2, 0.25) is 0 Å². The minimum Gasteiger partial charge on any atom is -0.463 e. The Morgan fingerprint density at radius 1 is 1.23 bits per heavy atom. The van der Waals surface area contributed by atoms with Crippen LogP contribution in [0.3, 0.4) is 0 Å². The molecule has 0 radical (unpaired) electrons. The van der Waals surface area contributed by atoms with Crippen molar-refractivity contribution in [2.75, 3.05) is 6.61 Å². The van der Waals surface area contributed by atoms with E-state index in [1.807, 2.05) is 30.3 Å². The van der Waals surface area contributed by atoms with Gasteiger partial charge in [0.15, 0.2) is 5.65 Å². The molecule has 0 bridgehead atoms. The van der Waals surface area contributed by atoms with Gasteiger partial charge < -0.3 is 15.4 Å². The monoisotopic (exact) mass is 408 g/mol. The van der Waals surface area contributed by atoms with Crippen molar-refractivity contribution in [1.29, 1.82) is 0 Å². The number of carbonyl (C=O) groups is 2. The van der Waals surface area contributed by atoms with E-state index < -0.39 is 18.0 Å². The van der Waals surface area contributed by atoms with Crippen LogP contribution in [-0.4, -0.2) is 44.0 Å². The predicted molar refractivity (Wildman–Crippen MR) is 108 cm³/mol. The number of ether oxygens (including phenoxy) is 1. The van der Waals surface area contributed by atoms with Crippen LogP contribution in [0.1, 0.15) is 13.8 Å². The summed E-state index contributed by atoms with van der Waals surface area (Å²) in [6.07, 6.45) is 2.83. The normalized spacial score (nSPS) is 16.3. The molecule has 30 heavy (non-hydrogen) atoms. The van der Waals surface area contributed by atoms with Gasteiger partial charge in [0.05, 0.1) is 42.3 Å². The number of nitrogens with one attached hydrogen (secondary N) is 2. The van der Waals surface area contributed by atoms with Crippen molar-refractivity contribution in [3.63, 3.8) is 0 Å². The molecule has 3 aromatic rings. The minimum atomic E-state index is -0.555. The standard InChI is InChI=1S/C20H20N6O4/c1-3-30-19(28)16-12(2)23-20(29)24-15(16)10-25-11-21-17-14(18(25)27)9-22-26(17)13-7-5-4-6-8-13/h4-9,11-12H,3,10H2,1-2H3,(H2,23,24,29)/t12-/m0/s1. The fraction of sp³-hybridized carbons (Fsp3) is 0.250. The zero-order valence-electron chi connectivity index (χ0n) is 16.5. The first-order valence-corrected chi connectivity index (χ1v) is 9.46. The molecule has 1 atom stereocenters. The molecule has 0 aliphatic carbocycles. The van der Waals surface area contributed by atoms with Gasteiger partial charge >= 0.3 is 12.0 Å². The molecule has 10 nitrogen and oxygen atoms in total. The van der Waals surface area contributed by atoms with Crippen LogP contribution < -0.4 is 16.2 Å². The quantitative estimate of drug-likeness (QED) is 0.610. The van der Waals surface area contributed by atoms with Gasteiger partial charge in [-0.05, 0) is 26.0 Å². The lowest BCUT2D eigenvalue weighted by Gasteiger charge is -2.26. The van der Waals surface area contributed by atoms with E-state index in [1.54, 1.807) is 18.5 Å². The number of hydrogen-bond acceptors (Lipinski definition) is 6. The highest BCUT2D eigenvalue weighted by molar-refractivity contribution is 5.94. The van der Waals surface area contributed by atoms with Crippen molar-refractivity contribution in [1.82, 2.24) is 30.0 Å². The molecule has 1 aromatic carbocycles. The van der Waals surface area contributed by atoms with Crippen molar-refractivity contribution < 1.29 is 14.3 Å². The summed E-state index contributed by atoms with van der Waals surface area (Å²) in [7, 11) is 0. The first kappa shape index (κ1) is 19.4. The van der Waals surface area contributed by atoms with E-state index in [1.165, 1.54) is 17.1 Å². The molecule has 1 aliphatic rings. The number of fused-ring (bicyclic) bond motifs is 1. The fourth-order valence-corrected chi connectivity index (χ4v) is 3.39. The van der Waals surface area contributed by atoms with E-state index in [-0.39, 0.29) is 24.3 Å². The number of para-hydroxylation sites is 1. The van der Waals surface area contributed by atoms with Crippen molar-refractivity contribution in [2.24, 2.45) is 0 Å². The largest absolute Gasteiger partial charge is 0.463 e. The summed E-state index contributed by atoms with van der Waals surface area (Å²) in [5.74, 6) is -0.550. The Morgan fingerprint density at radius 3 is 2.73 bits per heavy atom. The van der Waals surface area contributed by atoms with Crippen molar-refractivity contribution in [2.45, 2.75) is 26.4 Å². The van der Waals surface area contributed by atoms with Gasteiger partial charge in [0, 0.05) is 0 Å². The van der Waals surface area contributed by atoms with Gasteiger partial charge in [-0.3, -0.25) is 9.36 Å². The van der Waals surface area contributed by atoms with Crippen LogP contribution in [0.5, 0.6) is 0 Å². The molecule has 0 spiro atoms. The molecule has 10 heteroatoms. The minimum absolute atomic E-state index is 0.0375. The van der Waals surface area contributed by atoms with Crippen LogP contribution in [0, 0.1) is 0 Å². The molecule has 3 heterocycles. The lowest BCUT2D eigenvalue weighted by atomic mass is 10.0. The predicted octanol–water partition coefficient (Wildman–Crippen LogP) is 1.10. The zero-order valence-corrected chi connectivity index (χ0v) is 16.5. The van der Waals surface area contributed by atoms with E-state index in [9.17, 15) is 14.4 Å². The Balaban J connectivity index is 1.75. The molecule has 2 N–H and O–H groups in total. The third-order valence-corrected chi connectivity index (χ3v) is 4.75. The number of carbonyl (C=O) groups excluding carboxylic acids is 2. The summed E-state index contributed by atoms with van der Waals surface area (Å²) in [4.78, 5) is 41.7. The highest BCUT2D eigenvalue weighted by Crippen LogP contribution is 2.17. The van der Waals surface area contributed by atoms with Gasteiger partial charge in [-0.15, -0.1) is 0 Å². The maximum Gasteiger partial charge on any atom is 0.337 e. The highest BCUT2D eigenvalue weighted by atomic mass is 16.5. The van der Waals surface area contributed by atoms with Gasteiger partial charge in [0.1, 0.15) is 11.7 Å². The van der Waals surface area contributed by atoms with Crippen LogP contribution in [0.2, 0.25) is 0 Å². The van der Waals surface area contributed by atoms with Gasteiger partial charge in [0.25, 0.3) is 5.56 Å². The van der Waals surface area contributed by atoms with Crippen LogP contribution in [0.25, 0.3) is 16.7 Å². The molecule has 0 saturated heterocycles. The van der Waals surface area contributed by atoms with E-state index in [4.69, 9.17) is 4.74 Å². The maximum atomic E-state index is 13.0. The average Bonchev–Trinajstić information content (AvgIpc) is 3.15. The van der Waals surface area contributed by atoms with Crippen LogP contribution in [-0.2, 0) is 16.1 Å². The van der Waals surface area contributed by atoms with Crippen LogP contribution in [0.4, 0.5) is 4.79 Å². The summed E-state index contributed by atoms with van der Waals surface area (Å²) in [5.41, 5.74) is 1.43. The van der Waals surface area contributed by atoms with Gasteiger partial charge in [-0.1, -0.05) is 18.2 Å². The number of amides is 2. The number of benzene rings is 1. The molecule has 1 aliphatic heterocycles. The Hall–Kier alpha value is -3.95. The van der Waals surface area contributed by atoms with Gasteiger partial charge in [-0.2, -0.15) is 5.10 Å². The van der Waals surface area contributed by atoms with Crippen LogP contribution in [0.15, 0.2) is 58.9 Å². The van der Waals surface area contributed by atoms with E-state index in [0.717, 1.165) is 5.69 Å². The van der Waals surface area contributed by atoms with Crippen molar-refractivity contribution in [3.8, 4) is 5.69 Å². The number of esters is 1. The van der Waals surface area contributed by atoms with Crippen molar-refractivity contribution in [3.05, 3.63) is 64.5 Å². The third-order valence-electron chi connectivity index (χ3n) is 4.75. The topological polar surface area (TPSA) is 120 Å². The molecule has 154 valence electrons. The van der Waals surface area contributed by atoms with E-state index in [0.29, 0.717) is 16.7 Å². The summed E-state index contributed by atoms with van der Waals surface area (Å²) in [5, 5.41) is 9.84. The number of nitrogens with zero attached hydrogens (tertiary/aromatic N) is 4. The zero-order chi connectivity index (χ0) is 21.3. The summed E-state index contributed by atoms with van der Waals surface area (Å²) in [6.45, 7) is 3.54. The number of allylic oxidation sites excluding steroid dienone is 1. The van der Waals surface area contributed by atoms with E-state index >= 15 is 0 Å². The second-order valence-electron chi connectivity index (χ2n) is 6.74. The first-order valence-electron chi connectivity index (χ1n) is 9.46. The molecule has 0 fully saturated rings. The van der Waals surface area contributed by atoms with Gasteiger partial charge in [-0.25, -0.2) is 19.3 Å². The van der Waals surface area contributed by atoms with E-state index in [2.05, 4.69) is 20.7 Å². The number of hydrogen-bond donors (Lipinski definition) is 2. The highest BCUT2D eigenvalue weighted by Gasteiger charge is 2.30. The summed E-state index contributed by atoms with van der Waals surface area (Å²) >= 11 is 0. The fourth-order valence-electron chi connectivity index (χ4n) is 3.39. The second kappa shape index (κ2) is 7.82. The smallest absolute Gasteiger partial charge is 0.337 e. The number of aromatic nitrogens is 4. The Kier molecular flexibility index (Phi) is 5.05. The molecular weight excluding hydrogens is 388 g/mol. The lowest BCUT2D eigenvalue weighted by molar-refractivity contribution is -0.139. The molecule has 0 saturated carbocycles. The SMILES string of the molecule is CCOC(=O)C1=C(Cn2cnc3c(cnn3-c3ccccc3)c2=O)NC(=O)N[C@H]1C. The molecule has 2 aromatic heterocycles. The third kappa shape index (κ3) is 3.43. The Bertz CT molecular complexity index is 1210. The summed E-state index contributed by atoms with van der Waals surface area (Å²) < 4.78 is 8.01. The summed E-state index contributed by atoms with van der Waals surface area (Å²) in [6, 6.07) is 8.34. The molecular formula is C20H20N6O4. The van der Waals surface area contributed by atoms with Crippen molar-refractivity contribution >= 4 is 23.0 Å². The molecule has 2 amide bonds. The first-order chi connectivity index (χ1) is 14.5. The Labute approximate surface area is 171 Å². The number of urea groups is 1. The maximum absolute atomic E-state index is 13.0. The number of rotatable bonds is 5.